The number of hydrogen-bond acceptors (Lipinski definition) is 3. The second-order valence-corrected chi connectivity index (χ2v) is 5.43. The SMILES string of the molecule is CCC(C)(O)COc1ccc2ccccc2c1CNC. The molecule has 0 aliphatic carbocycles. The molecule has 0 radical (unpaired) electrons. The minimum atomic E-state index is -0.789. The summed E-state index contributed by atoms with van der Waals surface area (Å²) in [6.45, 7) is 4.80. The maximum Gasteiger partial charge on any atom is 0.124 e. The molecule has 2 rings (SSSR count). The Labute approximate surface area is 120 Å². The highest BCUT2D eigenvalue weighted by molar-refractivity contribution is 5.87. The van der Waals surface area contributed by atoms with Crippen LogP contribution in [0.5, 0.6) is 5.75 Å². The summed E-state index contributed by atoms with van der Waals surface area (Å²) < 4.78 is 5.86. The van der Waals surface area contributed by atoms with Gasteiger partial charge < -0.3 is 15.2 Å². The maximum atomic E-state index is 10.1. The molecule has 0 saturated heterocycles. The highest BCUT2D eigenvalue weighted by Crippen LogP contribution is 2.28. The molecule has 0 fully saturated rings. The van der Waals surface area contributed by atoms with Crippen LogP contribution in [0.4, 0.5) is 0 Å². The molecule has 3 heteroatoms. The average molecular weight is 273 g/mol. The monoisotopic (exact) mass is 273 g/mol. The number of ether oxygens (including phenoxy) is 1. The summed E-state index contributed by atoms with van der Waals surface area (Å²) in [5.74, 6) is 0.840. The van der Waals surface area contributed by atoms with Crippen LogP contribution in [0.3, 0.4) is 0 Å². The molecule has 2 N–H and O–H groups in total. The van der Waals surface area contributed by atoms with Crippen molar-refractivity contribution < 1.29 is 9.84 Å². The summed E-state index contributed by atoms with van der Waals surface area (Å²) in [5.41, 5.74) is 0.347. The van der Waals surface area contributed by atoms with E-state index in [0.29, 0.717) is 13.0 Å². The molecule has 0 aliphatic rings. The number of benzene rings is 2. The second kappa shape index (κ2) is 6.25. The molecule has 0 spiro atoms. The summed E-state index contributed by atoms with van der Waals surface area (Å²) in [4.78, 5) is 0. The van der Waals surface area contributed by atoms with Crippen molar-refractivity contribution in [1.82, 2.24) is 5.32 Å². The Balaban J connectivity index is 2.34. The zero-order chi connectivity index (χ0) is 14.6. The van der Waals surface area contributed by atoms with Gasteiger partial charge >= 0.3 is 0 Å². The van der Waals surface area contributed by atoms with E-state index in [0.717, 1.165) is 17.9 Å². The predicted molar refractivity (Wildman–Crippen MR) is 83.1 cm³/mol. The number of nitrogens with one attached hydrogen (secondary N) is 1. The Morgan fingerprint density at radius 3 is 2.65 bits per heavy atom. The highest BCUT2D eigenvalue weighted by Gasteiger charge is 2.19. The molecule has 0 aliphatic heterocycles. The summed E-state index contributed by atoms with van der Waals surface area (Å²) >= 11 is 0. The lowest BCUT2D eigenvalue weighted by Gasteiger charge is -2.23. The average Bonchev–Trinajstić information content (AvgIpc) is 2.46. The van der Waals surface area contributed by atoms with E-state index in [-0.39, 0.29) is 0 Å². The van der Waals surface area contributed by atoms with Crippen molar-refractivity contribution in [3.63, 3.8) is 0 Å². The van der Waals surface area contributed by atoms with E-state index in [1.165, 1.54) is 10.8 Å². The smallest absolute Gasteiger partial charge is 0.124 e. The van der Waals surface area contributed by atoms with Crippen LogP contribution in [0.2, 0.25) is 0 Å². The van der Waals surface area contributed by atoms with Gasteiger partial charge in [0, 0.05) is 12.1 Å². The van der Waals surface area contributed by atoms with E-state index in [9.17, 15) is 5.11 Å². The molecule has 108 valence electrons. The first-order chi connectivity index (χ1) is 9.57. The van der Waals surface area contributed by atoms with Gasteiger partial charge in [-0.25, -0.2) is 0 Å². The third-order valence-electron chi connectivity index (χ3n) is 3.65. The summed E-state index contributed by atoms with van der Waals surface area (Å²) in [5, 5.41) is 15.7. The fourth-order valence-corrected chi connectivity index (χ4v) is 2.15. The molecule has 3 nitrogen and oxygen atoms in total. The Hall–Kier alpha value is -1.58. The summed E-state index contributed by atoms with van der Waals surface area (Å²) in [6.07, 6.45) is 0.669. The molecular weight excluding hydrogens is 250 g/mol. The predicted octanol–water partition coefficient (Wildman–Crippen LogP) is 3.10. The molecule has 2 aromatic rings. The number of fused-ring (bicyclic) bond motifs is 1. The van der Waals surface area contributed by atoms with Crippen molar-refractivity contribution >= 4 is 10.8 Å². The van der Waals surface area contributed by atoms with Crippen LogP contribution in [-0.2, 0) is 6.54 Å². The fraction of sp³-hybridized carbons (Fsp3) is 0.412. The zero-order valence-electron chi connectivity index (χ0n) is 12.4. The first-order valence-electron chi connectivity index (χ1n) is 7.08. The van der Waals surface area contributed by atoms with E-state index in [2.05, 4.69) is 23.5 Å². The van der Waals surface area contributed by atoms with Gasteiger partial charge in [0.1, 0.15) is 12.4 Å². The third-order valence-corrected chi connectivity index (χ3v) is 3.65. The number of rotatable bonds is 6. The van der Waals surface area contributed by atoms with Crippen molar-refractivity contribution in [1.29, 1.82) is 0 Å². The lowest BCUT2D eigenvalue weighted by Crippen LogP contribution is -2.31. The zero-order valence-corrected chi connectivity index (χ0v) is 12.4. The van der Waals surface area contributed by atoms with Crippen molar-refractivity contribution in [3.8, 4) is 5.75 Å². The van der Waals surface area contributed by atoms with Crippen molar-refractivity contribution in [3.05, 3.63) is 42.0 Å². The second-order valence-electron chi connectivity index (χ2n) is 5.43. The van der Waals surface area contributed by atoms with Gasteiger partial charge in [0.15, 0.2) is 0 Å². The minimum absolute atomic E-state index is 0.304. The van der Waals surface area contributed by atoms with Crippen molar-refractivity contribution in [2.75, 3.05) is 13.7 Å². The highest BCUT2D eigenvalue weighted by atomic mass is 16.5. The number of hydrogen-bond donors (Lipinski definition) is 2. The lowest BCUT2D eigenvalue weighted by molar-refractivity contribution is 0.00822. The topological polar surface area (TPSA) is 41.5 Å². The van der Waals surface area contributed by atoms with E-state index in [1.54, 1.807) is 6.92 Å². The molecule has 1 atom stereocenters. The normalized spacial score (nSPS) is 14.2. The summed E-state index contributed by atoms with van der Waals surface area (Å²) in [7, 11) is 1.92. The van der Waals surface area contributed by atoms with Crippen LogP contribution < -0.4 is 10.1 Å². The molecule has 0 amide bonds. The van der Waals surface area contributed by atoms with E-state index >= 15 is 0 Å². The molecule has 0 aromatic heterocycles. The summed E-state index contributed by atoms with van der Waals surface area (Å²) in [6, 6.07) is 12.3. The largest absolute Gasteiger partial charge is 0.490 e. The number of aliphatic hydroxyl groups is 1. The molecule has 2 aromatic carbocycles. The van der Waals surface area contributed by atoms with Gasteiger partial charge in [0.25, 0.3) is 0 Å². The van der Waals surface area contributed by atoms with Gasteiger partial charge in [-0.2, -0.15) is 0 Å². The van der Waals surface area contributed by atoms with Gasteiger partial charge in [-0.05, 0) is 37.2 Å². The standard InChI is InChI=1S/C17H23NO2/c1-4-17(2,19)12-20-16-10-9-13-7-5-6-8-14(13)15(16)11-18-3/h5-10,18-19H,4,11-12H2,1-3H3. The minimum Gasteiger partial charge on any atom is -0.490 e. The third kappa shape index (κ3) is 3.30. The Bertz CT molecular complexity index is 578. The van der Waals surface area contributed by atoms with Crippen LogP contribution in [0, 0.1) is 0 Å². The van der Waals surface area contributed by atoms with Crippen LogP contribution >= 0.6 is 0 Å². The van der Waals surface area contributed by atoms with Gasteiger partial charge in [0.2, 0.25) is 0 Å². The molecule has 0 heterocycles. The van der Waals surface area contributed by atoms with E-state index in [1.807, 2.05) is 32.2 Å². The molecular formula is C17H23NO2. The molecule has 0 bridgehead atoms. The quantitative estimate of drug-likeness (QED) is 0.850. The van der Waals surface area contributed by atoms with Crippen LogP contribution in [0.15, 0.2) is 36.4 Å². The van der Waals surface area contributed by atoms with Crippen molar-refractivity contribution in [2.24, 2.45) is 0 Å². The lowest BCUT2D eigenvalue weighted by atomic mass is 10.0. The molecule has 1 unspecified atom stereocenters. The first-order valence-corrected chi connectivity index (χ1v) is 7.08. The van der Waals surface area contributed by atoms with Crippen LogP contribution in [-0.4, -0.2) is 24.4 Å². The maximum absolute atomic E-state index is 10.1. The Kier molecular flexibility index (Phi) is 4.63. The van der Waals surface area contributed by atoms with Crippen LogP contribution in [0.1, 0.15) is 25.8 Å². The van der Waals surface area contributed by atoms with E-state index in [4.69, 9.17) is 4.74 Å². The fourth-order valence-electron chi connectivity index (χ4n) is 2.15. The van der Waals surface area contributed by atoms with Crippen molar-refractivity contribution in [2.45, 2.75) is 32.4 Å². The van der Waals surface area contributed by atoms with Gasteiger partial charge in [0.05, 0.1) is 5.60 Å². The van der Waals surface area contributed by atoms with E-state index < -0.39 is 5.60 Å². The van der Waals surface area contributed by atoms with Gasteiger partial charge in [-0.15, -0.1) is 0 Å². The molecule has 20 heavy (non-hydrogen) atoms. The Morgan fingerprint density at radius 1 is 1.20 bits per heavy atom. The van der Waals surface area contributed by atoms with Gasteiger partial charge in [-0.1, -0.05) is 37.3 Å². The van der Waals surface area contributed by atoms with Gasteiger partial charge in [-0.3, -0.25) is 0 Å². The molecule has 0 saturated carbocycles. The van der Waals surface area contributed by atoms with Crippen LogP contribution in [0.25, 0.3) is 10.8 Å². The Morgan fingerprint density at radius 2 is 1.95 bits per heavy atom. The first kappa shape index (κ1) is 14.8.